The number of hydrogen-bond acceptors (Lipinski definition) is 3. The first-order chi connectivity index (χ1) is 4.34. The van der Waals surface area contributed by atoms with Crippen LogP contribution in [-0.2, 0) is 0 Å². The van der Waals surface area contributed by atoms with E-state index in [1.807, 2.05) is 0 Å². The molecule has 1 fully saturated rings. The number of thioether (sulfide) groups is 1. The van der Waals surface area contributed by atoms with Crippen molar-refractivity contribution < 1.29 is 10.2 Å². The number of aliphatic hydroxyl groups is 2. The first-order valence-electron chi connectivity index (χ1n) is 3.21. The lowest BCUT2D eigenvalue weighted by atomic mass is 10.0. The second kappa shape index (κ2) is 3.44. The SMILES string of the molecule is OCC1CCSCC1O. The van der Waals surface area contributed by atoms with Crippen molar-refractivity contribution in [2.45, 2.75) is 12.5 Å². The molecule has 0 bridgehead atoms. The van der Waals surface area contributed by atoms with Crippen LogP contribution < -0.4 is 0 Å². The first-order valence-corrected chi connectivity index (χ1v) is 4.36. The van der Waals surface area contributed by atoms with Gasteiger partial charge in [0.15, 0.2) is 0 Å². The molecule has 0 aromatic rings. The average Bonchev–Trinajstić information content (AvgIpc) is 1.89. The molecule has 2 N–H and O–H groups in total. The van der Waals surface area contributed by atoms with E-state index in [9.17, 15) is 5.11 Å². The Hall–Kier alpha value is 0.270. The number of aliphatic hydroxyl groups excluding tert-OH is 2. The molecule has 0 aliphatic carbocycles. The van der Waals surface area contributed by atoms with Crippen molar-refractivity contribution in [1.29, 1.82) is 0 Å². The molecule has 2 nitrogen and oxygen atoms in total. The van der Waals surface area contributed by atoms with Gasteiger partial charge in [0.25, 0.3) is 0 Å². The van der Waals surface area contributed by atoms with Crippen molar-refractivity contribution in [3.63, 3.8) is 0 Å². The minimum absolute atomic E-state index is 0.141. The number of rotatable bonds is 1. The molecule has 0 aromatic heterocycles. The van der Waals surface area contributed by atoms with E-state index < -0.39 is 0 Å². The molecule has 0 spiro atoms. The van der Waals surface area contributed by atoms with Crippen LogP contribution in [0.5, 0.6) is 0 Å². The highest BCUT2D eigenvalue weighted by molar-refractivity contribution is 7.99. The van der Waals surface area contributed by atoms with Gasteiger partial charge in [-0.05, 0) is 12.2 Å². The molecule has 2 atom stereocenters. The Labute approximate surface area is 59.3 Å². The molecule has 0 radical (unpaired) electrons. The van der Waals surface area contributed by atoms with Gasteiger partial charge in [0.2, 0.25) is 0 Å². The molecule has 1 heterocycles. The summed E-state index contributed by atoms with van der Waals surface area (Å²) in [6, 6.07) is 0. The van der Waals surface area contributed by atoms with Crippen LogP contribution in [0.4, 0.5) is 0 Å². The molecule has 0 saturated carbocycles. The summed E-state index contributed by atoms with van der Waals surface area (Å²) in [7, 11) is 0. The maximum absolute atomic E-state index is 9.19. The summed E-state index contributed by atoms with van der Waals surface area (Å²) >= 11 is 1.76. The molecular formula is C6H12O2S. The normalized spacial score (nSPS) is 36.7. The van der Waals surface area contributed by atoms with Crippen molar-refractivity contribution in [1.82, 2.24) is 0 Å². The smallest absolute Gasteiger partial charge is 0.0680 e. The molecule has 1 saturated heterocycles. The van der Waals surface area contributed by atoms with Crippen molar-refractivity contribution in [2.75, 3.05) is 18.1 Å². The molecule has 0 amide bonds. The summed E-state index contributed by atoms with van der Waals surface area (Å²) in [5, 5.41) is 17.9. The summed E-state index contributed by atoms with van der Waals surface area (Å²) in [4.78, 5) is 0. The molecule has 1 rings (SSSR count). The fraction of sp³-hybridized carbons (Fsp3) is 1.00. The zero-order chi connectivity index (χ0) is 6.69. The fourth-order valence-corrected chi connectivity index (χ4v) is 2.13. The van der Waals surface area contributed by atoms with Gasteiger partial charge < -0.3 is 10.2 Å². The summed E-state index contributed by atoms with van der Waals surface area (Å²) < 4.78 is 0. The van der Waals surface area contributed by atoms with Crippen LogP contribution in [0.2, 0.25) is 0 Å². The summed E-state index contributed by atoms with van der Waals surface area (Å²) in [6.45, 7) is 0.141. The lowest BCUT2D eigenvalue weighted by Gasteiger charge is -2.24. The summed E-state index contributed by atoms with van der Waals surface area (Å²) in [6.07, 6.45) is 0.691. The van der Waals surface area contributed by atoms with Crippen LogP contribution in [0.3, 0.4) is 0 Å². The molecule has 0 aromatic carbocycles. The Morgan fingerprint density at radius 2 is 2.33 bits per heavy atom. The molecule has 54 valence electrons. The zero-order valence-corrected chi connectivity index (χ0v) is 6.10. The molecular weight excluding hydrogens is 136 g/mol. The Bertz CT molecular complexity index is 87.1. The Kier molecular flexibility index (Phi) is 2.82. The van der Waals surface area contributed by atoms with Gasteiger partial charge in [-0.3, -0.25) is 0 Å². The van der Waals surface area contributed by atoms with E-state index in [-0.39, 0.29) is 18.6 Å². The molecule has 2 unspecified atom stereocenters. The zero-order valence-electron chi connectivity index (χ0n) is 5.29. The monoisotopic (exact) mass is 148 g/mol. The molecule has 3 heteroatoms. The topological polar surface area (TPSA) is 40.5 Å². The van der Waals surface area contributed by atoms with Gasteiger partial charge in [0.05, 0.1) is 6.10 Å². The summed E-state index contributed by atoms with van der Waals surface area (Å²) in [5.74, 6) is 2.03. The lowest BCUT2D eigenvalue weighted by Crippen LogP contribution is -2.30. The standard InChI is InChI=1S/C6H12O2S/c7-3-5-1-2-9-4-6(5)8/h5-8H,1-4H2. The van der Waals surface area contributed by atoms with Crippen LogP contribution >= 0.6 is 11.8 Å². The number of hydrogen-bond donors (Lipinski definition) is 2. The van der Waals surface area contributed by atoms with Gasteiger partial charge in [-0.1, -0.05) is 0 Å². The Morgan fingerprint density at radius 1 is 1.56 bits per heavy atom. The van der Waals surface area contributed by atoms with Crippen LogP contribution in [0, 0.1) is 5.92 Å². The van der Waals surface area contributed by atoms with E-state index in [0.717, 1.165) is 17.9 Å². The van der Waals surface area contributed by atoms with E-state index in [1.54, 1.807) is 11.8 Å². The highest BCUT2D eigenvalue weighted by Crippen LogP contribution is 2.22. The van der Waals surface area contributed by atoms with Gasteiger partial charge in [-0.15, -0.1) is 0 Å². The maximum Gasteiger partial charge on any atom is 0.0680 e. The van der Waals surface area contributed by atoms with E-state index in [4.69, 9.17) is 5.11 Å². The second-order valence-electron chi connectivity index (χ2n) is 2.37. The van der Waals surface area contributed by atoms with Crippen LogP contribution in [0.1, 0.15) is 6.42 Å². The largest absolute Gasteiger partial charge is 0.396 e. The second-order valence-corrected chi connectivity index (χ2v) is 3.52. The van der Waals surface area contributed by atoms with Gasteiger partial charge >= 0.3 is 0 Å². The van der Waals surface area contributed by atoms with E-state index >= 15 is 0 Å². The fourth-order valence-electron chi connectivity index (χ4n) is 0.980. The van der Waals surface area contributed by atoms with Crippen molar-refractivity contribution >= 4 is 11.8 Å². The van der Waals surface area contributed by atoms with Crippen molar-refractivity contribution in [2.24, 2.45) is 5.92 Å². The minimum atomic E-state index is -0.270. The van der Waals surface area contributed by atoms with Crippen molar-refractivity contribution in [3.8, 4) is 0 Å². The minimum Gasteiger partial charge on any atom is -0.396 e. The predicted octanol–water partition coefficient (Wildman–Crippen LogP) is 0.0927. The van der Waals surface area contributed by atoms with E-state index in [0.29, 0.717) is 0 Å². The summed E-state index contributed by atoms with van der Waals surface area (Å²) in [5.41, 5.74) is 0. The maximum atomic E-state index is 9.19. The van der Waals surface area contributed by atoms with Gasteiger partial charge in [-0.2, -0.15) is 11.8 Å². The molecule has 9 heavy (non-hydrogen) atoms. The highest BCUT2D eigenvalue weighted by Gasteiger charge is 2.21. The van der Waals surface area contributed by atoms with Crippen LogP contribution in [0.25, 0.3) is 0 Å². The quantitative estimate of drug-likeness (QED) is 0.554. The van der Waals surface area contributed by atoms with Crippen LogP contribution in [0.15, 0.2) is 0 Å². The molecule has 1 aliphatic heterocycles. The average molecular weight is 148 g/mol. The van der Waals surface area contributed by atoms with E-state index in [1.165, 1.54) is 0 Å². The van der Waals surface area contributed by atoms with Crippen LogP contribution in [-0.4, -0.2) is 34.4 Å². The Balaban J connectivity index is 2.30. The van der Waals surface area contributed by atoms with E-state index in [2.05, 4.69) is 0 Å². The Morgan fingerprint density at radius 3 is 2.78 bits per heavy atom. The van der Waals surface area contributed by atoms with Gasteiger partial charge in [-0.25, -0.2) is 0 Å². The van der Waals surface area contributed by atoms with Gasteiger partial charge in [0, 0.05) is 18.3 Å². The third-order valence-electron chi connectivity index (χ3n) is 1.70. The van der Waals surface area contributed by atoms with Crippen molar-refractivity contribution in [3.05, 3.63) is 0 Å². The van der Waals surface area contributed by atoms with Gasteiger partial charge in [0.1, 0.15) is 0 Å². The third-order valence-corrected chi connectivity index (χ3v) is 2.80. The predicted molar refractivity (Wildman–Crippen MR) is 38.5 cm³/mol. The first kappa shape index (κ1) is 7.38. The lowest BCUT2D eigenvalue weighted by molar-refractivity contribution is 0.0792. The third kappa shape index (κ3) is 1.85. The molecule has 1 aliphatic rings. The highest BCUT2D eigenvalue weighted by atomic mass is 32.2.